The van der Waals surface area contributed by atoms with E-state index >= 15 is 0 Å². The molecule has 0 spiro atoms. The molecular formula is C20H27N3O3. The van der Waals surface area contributed by atoms with Crippen molar-refractivity contribution in [2.24, 2.45) is 11.8 Å². The molecule has 6 nitrogen and oxygen atoms in total. The number of nitrogens with zero attached hydrogens (tertiary/aromatic N) is 2. The molecule has 1 aromatic carbocycles. The van der Waals surface area contributed by atoms with Gasteiger partial charge in [0.05, 0.1) is 11.8 Å². The van der Waals surface area contributed by atoms with Crippen molar-refractivity contribution in [3.8, 4) is 0 Å². The van der Waals surface area contributed by atoms with Gasteiger partial charge in [0.25, 0.3) is 0 Å². The maximum atomic E-state index is 12.5. The molecule has 0 unspecified atom stereocenters. The van der Waals surface area contributed by atoms with Gasteiger partial charge in [-0.2, -0.15) is 0 Å². The van der Waals surface area contributed by atoms with E-state index < -0.39 is 0 Å². The lowest BCUT2D eigenvalue weighted by molar-refractivity contribution is -0.140. The third-order valence-electron chi connectivity index (χ3n) is 5.27. The second-order valence-electron chi connectivity index (χ2n) is 7.52. The molecule has 1 saturated heterocycles. The van der Waals surface area contributed by atoms with Gasteiger partial charge in [0.15, 0.2) is 0 Å². The summed E-state index contributed by atoms with van der Waals surface area (Å²) in [6.45, 7) is 0.898. The highest BCUT2D eigenvalue weighted by molar-refractivity contribution is 6.05. The molecule has 2 aliphatic rings. The first-order valence-electron chi connectivity index (χ1n) is 9.35. The van der Waals surface area contributed by atoms with Crippen molar-refractivity contribution in [2.45, 2.75) is 38.6 Å². The minimum Gasteiger partial charge on any atom is -0.326 e. The molecule has 2 atom stereocenters. The molecule has 3 rings (SSSR count). The molecule has 6 heteroatoms. The van der Waals surface area contributed by atoms with E-state index in [1.165, 1.54) is 4.90 Å². The number of carbonyl (C=O) groups is 3. The van der Waals surface area contributed by atoms with E-state index in [0.29, 0.717) is 0 Å². The minimum absolute atomic E-state index is 0.0829. The Hall–Kier alpha value is -2.21. The average Bonchev–Trinajstić information content (AvgIpc) is 2.86. The summed E-state index contributed by atoms with van der Waals surface area (Å²) in [5.74, 6) is -0.645. The van der Waals surface area contributed by atoms with Gasteiger partial charge >= 0.3 is 0 Å². The van der Waals surface area contributed by atoms with Crippen molar-refractivity contribution in [1.82, 2.24) is 9.80 Å². The molecular weight excluding hydrogens is 330 g/mol. The van der Waals surface area contributed by atoms with E-state index in [2.05, 4.69) is 5.32 Å². The fourth-order valence-corrected chi connectivity index (χ4v) is 4.00. The molecule has 1 saturated carbocycles. The van der Waals surface area contributed by atoms with Gasteiger partial charge < -0.3 is 10.2 Å². The number of para-hydroxylation sites is 1. The average molecular weight is 357 g/mol. The van der Waals surface area contributed by atoms with Gasteiger partial charge in [-0.15, -0.1) is 0 Å². The zero-order valence-electron chi connectivity index (χ0n) is 15.5. The summed E-state index contributed by atoms with van der Waals surface area (Å²) in [6, 6.07) is 7.68. The molecule has 0 radical (unpaired) electrons. The first-order valence-corrected chi connectivity index (χ1v) is 9.35. The van der Waals surface area contributed by atoms with Crippen LogP contribution in [0.4, 0.5) is 5.69 Å². The summed E-state index contributed by atoms with van der Waals surface area (Å²) in [5.41, 5.74) is 1.81. The third kappa shape index (κ3) is 3.96. The summed E-state index contributed by atoms with van der Waals surface area (Å²) in [5, 5.41) is 2.92. The van der Waals surface area contributed by atoms with Crippen LogP contribution in [0.3, 0.4) is 0 Å². The predicted molar refractivity (Wildman–Crippen MR) is 99.2 cm³/mol. The van der Waals surface area contributed by atoms with Crippen LogP contribution in [-0.4, -0.2) is 48.2 Å². The molecule has 26 heavy (non-hydrogen) atoms. The van der Waals surface area contributed by atoms with Crippen LogP contribution in [0.1, 0.15) is 37.7 Å². The first kappa shape index (κ1) is 18.6. The van der Waals surface area contributed by atoms with Crippen LogP contribution in [0.25, 0.3) is 0 Å². The fraction of sp³-hybridized carbons (Fsp3) is 0.550. The van der Waals surface area contributed by atoms with Gasteiger partial charge in [-0.05, 0) is 38.6 Å². The number of imide groups is 1. The van der Waals surface area contributed by atoms with E-state index in [1.807, 2.05) is 43.3 Å². The van der Waals surface area contributed by atoms with Gasteiger partial charge in [0, 0.05) is 25.2 Å². The summed E-state index contributed by atoms with van der Waals surface area (Å²) < 4.78 is 0. The van der Waals surface area contributed by atoms with Crippen LogP contribution in [-0.2, 0) is 20.9 Å². The largest absolute Gasteiger partial charge is 0.326 e. The van der Waals surface area contributed by atoms with Crippen LogP contribution in [0.2, 0.25) is 0 Å². The molecule has 1 N–H and O–H groups in total. The lowest BCUT2D eigenvalue weighted by Gasteiger charge is -2.19. The number of amides is 3. The van der Waals surface area contributed by atoms with Crippen LogP contribution in [0.15, 0.2) is 24.3 Å². The van der Waals surface area contributed by atoms with Crippen molar-refractivity contribution >= 4 is 23.4 Å². The Labute approximate surface area is 154 Å². The quantitative estimate of drug-likeness (QED) is 0.793. The van der Waals surface area contributed by atoms with Gasteiger partial charge in [0.2, 0.25) is 17.7 Å². The molecule has 0 bridgehead atoms. The molecule has 1 aliphatic carbocycles. The summed E-state index contributed by atoms with van der Waals surface area (Å²) in [6.07, 6.45) is 3.76. The normalized spacial score (nSPS) is 22.7. The Kier molecular flexibility index (Phi) is 5.71. The Morgan fingerprint density at radius 1 is 1.12 bits per heavy atom. The number of nitrogens with one attached hydrogen (secondary N) is 1. The number of anilines is 1. The lowest BCUT2D eigenvalue weighted by atomic mass is 9.81. The molecule has 1 heterocycles. The molecule has 1 aliphatic heterocycles. The second-order valence-corrected chi connectivity index (χ2v) is 7.52. The summed E-state index contributed by atoms with van der Waals surface area (Å²) in [4.78, 5) is 40.6. The number of likely N-dealkylation sites (tertiary alicyclic amines) is 1. The smallest absolute Gasteiger partial charge is 0.233 e. The van der Waals surface area contributed by atoms with E-state index in [1.54, 1.807) is 0 Å². The number of carbonyl (C=O) groups excluding carboxylic acids is 3. The molecule has 140 valence electrons. The van der Waals surface area contributed by atoms with Crippen molar-refractivity contribution in [1.29, 1.82) is 0 Å². The Morgan fingerprint density at radius 3 is 2.35 bits per heavy atom. The Bertz CT molecular complexity index is 677. The van der Waals surface area contributed by atoms with E-state index in [9.17, 15) is 14.4 Å². The highest BCUT2D eigenvalue weighted by Gasteiger charge is 2.47. The summed E-state index contributed by atoms with van der Waals surface area (Å²) in [7, 11) is 3.95. The Balaban J connectivity index is 1.58. The molecule has 3 amide bonds. The van der Waals surface area contributed by atoms with Crippen molar-refractivity contribution in [3.05, 3.63) is 29.8 Å². The zero-order valence-corrected chi connectivity index (χ0v) is 15.5. The van der Waals surface area contributed by atoms with Gasteiger partial charge in [-0.1, -0.05) is 31.0 Å². The van der Waals surface area contributed by atoms with Gasteiger partial charge in [-0.25, -0.2) is 0 Å². The standard InChI is InChI=1S/C20H27N3O3/c1-22(2)13-14-7-3-6-10-17(14)21-18(24)11-12-23-19(25)15-8-4-5-9-16(15)20(23)26/h3,6-7,10,15-16H,4-5,8-9,11-13H2,1-2H3,(H,21,24)/t15-,16-/m0/s1. The van der Waals surface area contributed by atoms with E-state index in [0.717, 1.165) is 43.5 Å². The van der Waals surface area contributed by atoms with Crippen LogP contribution in [0, 0.1) is 11.8 Å². The molecule has 0 aromatic heterocycles. The van der Waals surface area contributed by atoms with Crippen LogP contribution >= 0.6 is 0 Å². The number of benzene rings is 1. The minimum atomic E-state index is -0.174. The Morgan fingerprint density at radius 2 is 1.73 bits per heavy atom. The van der Waals surface area contributed by atoms with Crippen LogP contribution < -0.4 is 5.32 Å². The van der Waals surface area contributed by atoms with Gasteiger partial charge in [-0.3, -0.25) is 19.3 Å². The van der Waals surface area contributed by atoms with Crippen molar-refractivity contribution in [2.75, 3.05) is 26.0 Å². The van der Waals surface area contributed by atoms with E-state index in [-0.39, 0.29) is 42.5 Å². The highest BCUT2D eigenvalue weighted by atomic mass is 16.2. The first-order chi connectivity index (χ1) is 12.5. The topological polar surface area (TPSA) is 69.7 Å². The number of hydrogen-bond acceptors (Lipinski definition) is 4. The van der Waals surface area contributed by atoms with Crippen molar-refractivity contribution in [3.63, 3.8) is 0 Å². The third-order valence-corrected chi connectivity index (χ3v) is 5.27. The highest BCUT2D eigenvalue weighted by Crippen LogP contribution is 2.37. The molecule has 2 fully saturated rings. The zero-order chi connectivity index (χ0) is 18.7. The van der Waals surface area contributed by atoms with Crippen molar-refractivity contribution < 1.29 is 14.4 Å². The fourth-order valence-electron chi connectivity index (χ4n) is 4.00. The number of rotatable bonds is 6. The number of hydrogen-bond donors (Lipinski definition) is 1. The summed E-state index contributed by atoms with van der Waals surface area (Å²) >= 11 is 0. The predicted octanol–water partition coefficient (Wildman–Crippen LogP) is 2.25. The van der Waals surface area contributed by atoms with Crippen LogP contribution in [0.5, 0.6) is 0 Å². The lowest BCUT2D eigenvalue weighted by Crippen LogP contribution is -2.34. The van der Waals surface area contributed by atoms with E-state index in [4.69, 9.17) is 0 Å². The SMILES string of the molecule is CN(C)Cc1ccccc1NC(=O)CCN1C(=O)[C@H]2CCCC[C@@H]2C1=O. The molecule has 1 aromatic rings. The monoisotopic (exact) mass is 357 g/mol. The maximum Gasteiger partial charge on any atom is 0.233 e. The second kappa shape index (κ2) is 7.99. The number of fused-ring (bicyclic) bond motifs is 1. The van der Waals surface area contributed by atoms with Gasteiger partial charge in [0.1, 0.15) is 0 Å². The maximum absolute atomic E-state index is 12.5.